The van der Waals surface area contributed by atoms with Crippen LogP contribution in [0.25, 0.3) is 0 Å². The van der Waals surface area contributed by atoms with Gasteiger partial charge in [0.2, 0.25) is 0 Å². The van der Waals surface area contributed by atoms with Gasteiger partial charge in [0.15, 0.2) is 0 Å². The third-order valence-corrected chi connectivity index (χ3v) is 2.51. The average molecular weight is 222 g/mol. The summed E-state index contributed by atoms with van der Waals surface area (Å²) < 4.78 is 1.42. The molecule has 0 spiro atoms. The van der Waals surface area contributed by atoms with Crippen molar-refractivity contribution >= 4 is 18.9 Å². The second-order valence-electron chi connectivity index (χ2n) is 2.60. The molecule has 0 aliphatic heterocycles. The van der Waals surface area contributed by atoms with Crippen molar-refractivity contribution in [3.63, 3.8) is 0 Å². The zero-order chi connectivity index (χ0) is 8.81. The summed E-state index contributed by atoms with van der Waals surface area (Å²) in [6.45, 7) is 4.25. The first-order valence-electron chi connectivity index (χ1n) is 3.82. The fraction of sp³-hybridized carbons (Fsp3) is 0.182. The van der Waals surface area contributed by atoms with E-state index in [0.717, 1.165) is 5.56 Å². The van der Waals surface area contributed by atoms with Crippen LogP contribution in [-0.4, -0.2) is 18.9 Å². The topological polar surface area (TPSA) is 0 Å². The zero-order valence-corrected chi connectivity index (χ0v) is 9.01. The third kappa shape index (κ3) is 3.53. The molecule has 0 saturated carbocycles. The second kappa shape index (κ2) is 4.93. The number of hydrogen-bond donors (Lipinski definition) is 0. The minimum atomic E-state index is 0.385. The van der Waals surface area contributed by atoms with Gasteiger partial charge in [-0.1, -0.05) is 0 Å². The number of benzene rings is 1. The molecule has 1 aromatic rings. The van der Waals surface area contributed by atoms with Crippen molar-refractivity contribution in [2.24, 2.45) is 0 Å². The van der Waals surface area contributed by atoms with Crippen molar-refractivity contribution in [3.8, 4) is 10.7 Å². The predicted octanol–water partition coefficient (Wildman–Crippen LogP) is 1.91. The van der Waals surface area contributed by atoms with Crippen LogP contribution in [0.4, 0.5) is 0 Å². The molecule has 12 heavy (non-hydrogen) atoms. The molecule has 1 radical (unpaired) electrons. The summed E-state index contributed by atoms with van der Waals surface area (Å²) in [6, 6.07) is 10.1. The molecule has 0 nitrogen and oxygen atoms in total. The van der Waals surface area contributed by atoms with Gasteiger partial charge in [0, 0.05) is 0 Å². The van der Waals surface area contributed by atoms with Crippen LogP contribution in [0.15, 0.2) is 30.3 Å². The van der Waals surface area contributed by atoms with E-state index in [4.69, 9.17) is 0 Å². The third-order valence-electron chi connectivity index (χ3n) is 1.22. The molecule has 0 saturated heterocycles. The van der Waals surface area contributed by atoms with Crippen molar-refractivity contribution in [3.05, 3.63) is 35.9 Å². The summed E-state index contributed by atoms with van der Waals surface area (Å²) in [5.74, 6) is 3.13. The van der Waals surface area contributed by atoms with E-state index in [0.29, 0.717) is 14.5 Å². The molecule has 0 N–H and O–H groups in total. The number of rotatable bonds is 0. The van der Waals surface area contributed by atoms with E-state index in [9.17, 15) is 0 Å². The van der Waals surface area contributed by atoms with Crippen LogP contribution in [0.1, 0.15) is 19.4 Å². The van der Waals surface area contributed by atoms with E-state index in [1.54, 1.807) is 0 Å². The van der Waals surface area contributed by atoms with Crippen LogP contribution in [-0.2, 0) is 0 Å². The van der Waals surface area contributed by atoms with E-state index in [1.807, 2.05) is 30.3 Å². The summed E-state index contributed by atoms with van der Waals surface area (Å²) in [5, 5.41) is 0. The molecular weight excluding hydrogens is 211 g/mol. The van der Waals surface area contributed by atoms with Crippen LogP contribution in [0.3, 0.4) is 0 Å². The van der Waals surface area contributed by atoms with Gasteiger partial charge < -0.3 is 0 Å². The molecular formula is C11H11Se. The average Bonchev–Trinajstić information content (AvgIpc) is 2.05. The van der Waals surface area contributed by atoms with Gasteiger partial charge in [0.1, 0.15) is 0 Å². The van der Waals surface area contributed by atoms with Crippen LogP contribution < -0.4 is 0 Å². The summed E-state index contributed by atoms with van der Waals surface area (Å²) >= 11 is 0.385. The molecule has 0 aliphatic rings. The molecule has 1 aromatic carbocycles. The Morgan fingerprint density at radius 3 is 2.42 bits per heavy atom. The van der Waals surface area contributed by atoms with Crippen LogP contribution in [0.2, 0.25) is 0 Å². The van der Waals surface area contributed by atoms with E-state index in [-0.39, 0.29) is 0 Å². The van der Waals surface area contributed by atoms with Crippen LogP contribution in [0.5, 0.6) is 0 Å². The molecule has 0 aliphatic carbocycles. The second-order valence-corrected chi connectivity index (χ2v) is 5.17. The monoisotopic (exact) mass is 223 g/mol. The maximum atomic E-state index is 3.18. The quantitative estimate of drug-likeness (QED) is 0.464. The Morgan fingerprint density at radius 2 is 1.83 bits per heavy atom. The fourth-order valence-corrected chi connectivity index (χ4v) is 1.49. The van der Waals surface area contributed by atoms with Crippen molar-refractivity contribution in [2.45, 2.75) is 13.8 Å². The van der Waals surface area contributed by atoms with Gasteiger partial charge in [-0.15, -0.1) is 0 Å². The van der Waals surface area contributed by atoms with Gasteiger partial charge in [-0.2, -0.15) is 0 Å². The molecule has 0 bridgehead atoms. The molecule has 0 unspecified atom stereocenters. The maximum absolute atomic E-state index is 3.18. The standard InChI is InChI=1S/C11H11Se/c1-10(2)12-9-8-11-6-4-3-5-7-11/h3-7H,1-2H3. The summed E-state index contributed by atoms with van der Waals surface area (Å²) in [4.78, 5) is 3.18. The van der Waals surface area contributed by atoms with E-state index in [2.05, 4.69) is 24.6 Å². The van der Waals surface area contributed by atoms with Gasteiger partial charge in [0.25, 0.3) is 0 Å². The van der Waals surface area contributed by atoms with Crippen LogP contribution in [0, 0.1) is 10.7 Å². The molecule has 0 amide bonds. The van der Waals surface area contributed by atoms with E-state index >= 15 is 0 Å². The summed E-state index contributed by atoms with van der Waals surface area (Å²) in [6.07, 6.45) is 0. The molecule has 0 aromatic heterocycles. The normalized spacial score (nSPS) is 8.17. The molecule has 0 atom stereocenters. The Bertz CT molecular complexity index is 321. The van der Waals surface area contributed by atoms with Gasteiger partial charge in [-0.3, -0.25) is 0 Å². The van der Waals surface area contributed by atoms with Gasteiger partial charge in [0.05, 0.1) is 0 Å². The molecule has 1 heteroatoms. The van der Waals surface area contributed by atoms with Gasteiger partial charge in [-0.05, 0) is 0 Å². The predicted molar refractivity (Wildman–Crippen MR) is 55.4 cm³/mol. The van der Waals surface area contributed by atoms with E-state index < -0.39 is 0 Å². The Balaban J connectivity index is 2.74. The first-order valence-corrected chi connectivity index (χ1v) is 5.53. The minimum absolute atomic E-state index is 0.385. The Morgan fingerprint density at radius 1 is 1.17 bits per heavy atom. The first-order chi connectivity index (χ1) is 5.79. The van der Waals surface area contributed by atoms with Crippen LogP contribution >= 0.6 is 0 Å². The molecule has 1 rings (SSSR count). The van der Waals surface area contributed by atoms with Crippen molar-refractivity contribution in [1.29, 1.82) is 0 Å². The van der Waals surface area contributed by atoms with Crippen molar-refractivity contribution < 1.29 is 0 Å². The first kappa shape index (κ1) is 9.26. The molecule has 0 fully saturated rings. The summed E-state index contributed by atoms with van der Waals surface area (Å²) in [7, 11) is 0. The molecule has 0 heterocycles. The van der Waals surface area contributed by atoms with Gasteiger partial charge >= 0.3 is 79.4 Å². The Labute approximate surface area is 79.7 Å². The van der Waals surface area contributed by atoms with Gasteiger partial charge in [-0.25, -0.2) is 0 Å². The Kier molecular flexibility index (Phi) is 3.80. The fourth-order valence-electron chi connectivity index (χ4n) is 0.708. The Hall–Kier alpha value is -0.831. The zero-order valence-electron chi connectivity index (χ0n) is 7.29. The number of hydrogen-bond acceptors (Lipinski definition) is 0. The van der Waals surface area contributed by atoms with Crippen molar-refractivity contribution in [2.75, 3.05) is 0 Å². The SMILES string of the molecule is CC(C)=[Se]C#Cc1ccccc1. The van der Waals surface area contributed by atoms with E-state index in [1.165, 1.54) is 4.42 Å². The molecule has 61 valence electrons. The van der Waals surface area contributed by atoms with Crippen molar-refractivity contribution in [1.82, 2.24) is 0 Å². The summed E-state index contributed by atoms with van der Waals surface area (Å²) in [5.41, 5.74) is 1.11.